The minimum atomic E-state index is -0.315. The van der Waals surface area contributed by atoms with E-state index in [1.807, 2.05) is 23.8 Å². The molecular weight excluding hydrogens is 172 g/mol. The quantitative estimate of drug-likeness (QED) is 0.671. The first-order valence-corrected chi connectivity index (χ1v) is 4.88. The van der Waals surface area contributed by atoms with Crippen molar-refractivity contribution < 1.29 is 9.53 Å². The summed E-state index contributed by atoms with van der Waals surface area (Å²) >= 11 is 1.53. The van der Waals surface area contributed by atoms with Crippen LogP contribution in [0.5, 0.6) is 0 Å². The molecule has 66 valence electrons. The second-order valence-corrected chi connectivity index (χ2v) is 3.25. The number of hydrogen-bond donors (Lipinski definition) is 0. The molecular formula is C9H12O2S. The first-order valence-electron chi connectivity index (χ1n) is 3.93. The molecule has 0 aliphatic heterocycles. The fraction of sp³-hybridized carbons (Fsp3) is 0.444. The normalized spacial score (nSPS) is 12.8. The Morgan fingerprint density at radius 3 is 3.00 bits per heavy atom. The zero-order valence-electron chi connectivity index (χ0n) is 7.24. The molecule has 1 heterocycles. The average molecular weight is 184 g/mol. The molecule has 0 aromatic carbocycles. The van der Waals surface area contributed by atoms with Crippen LogP contribution in [-0.2, 0) is 4.74 Å². The monoisotopic (exact) mass is 184 g/mol. The van der Waals surface area contributed by atoms with Crippen LogP contribution in [0.1, 0.15) is 24.2 Å². The highest BCUT2D eigenvalue weighted by Gasteiger charge is 2.14. The van der Waals surface area contributed by atoms with E-state index in [1.165, 1.54) is 11.3 Å². The van der Waals surface area contributed by atoms with Gasteiger partial charge in [-0.3, -0.25) is 4.79 Å². The average Bonchev–Trinajstić information content (AvgIpc) is 2.55. The highest BCUT2D eigenvalue weighted by atomic mass is 32.1. The maximum Gasteiger partial charge on any atom is 0.192 e. The van der Waals surface area contributed by atoms with E-state index in [-0.39, 0.29) is 11.9 Å². The van der Waals surface area contributed by atoms with Crippen LogP contribution in [0, 0.1) is 0 Å². The van der Waals surface area contributed by atoms with E-state index in [0.717, 1.165) is 5.56 Å². The predicted molar refractivity (Wildman–Crippen MR) is 49.7 cm³/mol. The van der Waals surface area contributed by atoms with E-state index in [1.54, 1.807) is 6.92 Å². The number of ketones is 1. The lowest BCUT2D eigenvalue weighted by atomic mass is 10.1. The fourth-order valence-corrected chi connectivity index (χ4v) is 1.61. The summed E-state index contributed by atoms with van der Waals surface area (Å²) in [6.45, 7) is 4.25. The maximum absolute atomic E-state index is 11.5. The van der Waals surface area contributed by atoms with Gasteiger partial charge >= 0.3 is 0 Å². The Kier molecular flexibility index (Phi) is 3.44. The maximum atomic E-state index is 11.5. The molecule has 0 bridgehead atoms. The van der Waals surface area contributed by atoms with Gasteiger partial charge in [-0.15, -0.1) is 0 Å². The molecule has 0 aliphatic carbocycles. The molecule has 0 amide bonds. The third-order valence-electron chi connectivity index (χ3n) is 1.59. The second-order valence-electron chi connectivity index (χ2n) is 2.47. The molecule has 1 rings (SSSR count). The van der Waals surface area contributed by atoms with Crippen LogP contribution in [0.25, 0.3) is 0 Å². The van der Waals surface area contributed by atoms with Crippen LogP contribution in [0.15, 0.2) is 16.8 Å². The lowest BCUT2D eigenvalue weighted by molar-refractivity contribution is 0.0521. The van der Waals surface area contributed by atoms with Crippen LogP contribution >= 0.6 is 11.3 Å². The Balaban J connectivity index is 2.59. The largest absolute Gasteiger partial charge is 0.371 e. The molecule has 0 radical (unpaired) electrons. The van der Waals surface area contributed by atoms with Crippen molar-refractivity contribution in [2.24, 2.45) is 0 Å². The molecule has 1 unspecified atom stereocenters. The highest BCUT2D eigenvalue weighted by Crippen LogP contribution is 2.10. The number of rotatable bonds is 4. The van der Waals surface area contributed by atoms with Crippen molar-refractivity contribution in [3.63, 3.8) is 0 Å². The first-order chi connectivity index (χ1) is 5.75. The van der Waals surface area contributed by atoms with Gasteiger partial charge in [-0.05, 0) is 25.3 Å². The Bertz CT molecular complexity index is 241. The molecule has 12 heavy (non-hydrogen) atoms. The van der Waals surface area contributed by atoms with Crippen LogP contribution in [0.3, 0.4) is 0 Å². The van der Waals surface area contributed by atoms with E-state index >= 15 is 0 Å². The molecule has 0 fully saturated rings. The first kappa shape index (κ1) is 9.42. The molecule has 0 aliphatic rings. The molecule has 1 atom stereocenters. The van der Waals surface area contributed by atoms with Crippen LogP contribution in [-0.4, -0.2) is 18.5 Å². The van der Waals surface area contributed by atoms with Gasteiger partial charge in [0.25, 0.3) is 0 Å². The zero-order valence-corrected chi connectivity index (χ0v) is 8.06. The van der Waals surface area contributed by atoms with Crippen molar-refractivity contribution in [2.45, 2.75) is 20.0 Å². The third kappa shape index (κ3) is 2.16. The van der Waals surface area contributed by atoms with Gasteiger partial charge in [0.1, 0.15) is 6.10 Å². The van der Waals surface area contributed by atoms with Gasteiger partial charge in [0.2, 0.25) is 0 Å². The van der Waals surface area contributed by atoms with Crippen LogP contribution in [0.2, 0.25) is 0 Å². The summed E-state index contributed by atoms with van der Waals surface area (Å²) in [6.07, 6.45) is -0.315. The van der Waals surface area contributed by atoms with E-state index in [2.05, 4.69) is 0 Å². The summed E-state index contributed by atoms with van der Waals surface area (Å²) in [5.74, 6) is 0.0677. The van der Waals surface area contributed by atoms with Crippen molar-refractivity contribution in [3.05, 3.63) is 22.4 Å². The van der Waals surface area contributed by atoms with Crippen LogP contribution in [0.4, 0.5) is 0 Å². The summed E-state index contributed by atoms with van der Waals surface area (Å²) in [5, 5.41) is 3.74. The van der Waals surface area contributed by atoms with E-state index in [4.69, 9.17) is 4.74 Å². The number of ether oxygens (including phenoxy) is 1. The SMILES string of the molecule is CCOC(C)C(=O)c1ccsc1. The molecule has 0 saturated carbocycles. The standard InChI is InChI=1S/C9H12O2S/c1-3-11-7(2)9(10)8-4-5-12-6-8/h4-7H,3H2,1-2H3. The van der Waals surface area contributed by atoms with Gasteiger partial charge in [-0.1, -0.05) is 0 Å². The number of hydrogen-bond acceptors (Lipinski definition) is 3. The predicted octanol–water partition coefficient (Wildman–Crippen LogP) is 2.36. The molecule has 1 aromatic rings. The molecule has 0 spiro atoms. The lowest BCUT2D eigenvalue weighted by Gasteiger charge is -2.08. The van der Waals surface area contributed by atoms with Gasteiger partial charge in [0.15, 0.2) is 5.78 Å². The summed E-state index contributed by atoms with van der Waals surface area (Å²) in [6, 6.07) is 1.82. The zero-order chi connectivity index (χ0) is 8.97. The molecule has 1 aromatic heterocycles. The van der Waals surface area contributed by atoms with Crippen LogP contribution < -0.4 is 0 Å². The number of Topliss-reactive ketones (excluding diaryl/α,β-unsaturated/α-hetero) is 1. The lowest BCUT2D eigenvalue weighted by Crippen LogP contribution is -2.20. The van der Waals surface area contributed by atoms with E-state index in [9.17, 15) is 4.79 Å². The summed E-state index contributed by atoms with van der Waals surface area (Å²) in [4.78, 5) is 11.5. The number of thiophene rings is 1. The third-order valence-corrected chi connectivity index (χ3v) is 2.27. The Morgan fingerprint density at radius 2 is 2.50 bits per heavy atom. The van der Waals surface area contributed by atoms with Crippen molar-refractivity contribution in [1.82, 2.24) is 0 Å². The Hall–Kier alpha value is -0.670. The van der Waals surface area contributed by atoms with Crippen molar-refractivity contribution >= 4 is 17.1 Å². The van der Waals surface area contributed by atoms with Crippen molar-refractivity contribution in [2.75, 3.05) is 6.61 Å². The van der Waals surface area contributed by atoms with Gasteiger partial charge < -0.3 is 4.74 Å². The van der Waals surface area contributed by atoms with Crippen molar-refractivity contribution in [1.29, 1.82) is 0 Å². The number of carbonyl (C=O) groups is 1. The highest BCUT2D eigenvalue weighted by molar-refractivity contribution is 7.08. The summed E-state index contributed by atoms with van der Waals surface area (Å²) in [5.41, 5.74) is 0.751. The van der Waals surface area contributed by atoms with E-state index in [0.29, 0.717) is 6.61 Å². The Labute approximate surface area is 76.2 Å². The minimum absolute atomic E-state index is 0.0677. The molecule has 2 nitrogen and oxygen atoms in total. The molecule has 0 N–H and O–H groups in total. The van der Waals surface area contributed by atoms with Gasteiger partial charge in [0.05, 0.1) is 0 Å². The summed E-state index contributed by atoms with van der Waals surface area (Å²) < 4.78 is 5.18. The van der Waals surface area contributed by atoms with Gasteiger partial charge in [0, 0.05) is 17.6 Å². The number of carbonyl (C=O) groups excluding carboxylic acids is 1. The van der Waals surface area contributed by atoms with E-state index < -0.39 is 0 Å². The summed E-state index contributed by atoms with van der Waals surface area (Å²) in [7, 11) is 0. The molecule has 3 heteroatoms. The molecule has 0 saturated heterocycles. The van der Waals surface area contributed by atoms with Crippen molar-refractivity contribution in [3.8, 4) is 0 Å². The topological polar surface area (TPSA) is 26.3 Å². The second kappa shape index (κ2) is 4.38. The van der Waals surface area contributed by atoms with Gasteiger partial charge in [-0.2, -0.15) is 11.3 Å². The van der Waals surface area contributed by atoms with Gasteiger partial charge in [-0.25, -0.2) is 0 Å². The fourth-order valence-electron chi connectivity index (χ4n) is 0.965. The Morgan fingerprint density at radius 1 is 1.75 bits per heavy atom. The minimum Gasteiger partial charge on any atom is -0.371 e. The smallest absolute Gasteiger partial charge is 0.192 e.